The molecule has 10 heteroatoms. The highest BCUT2D eigenvalue weighted by Gasteiger charge is 2.30. The molecule has 2 aliphatic heterocycles. The molecule has 0 amide bonds. The molecule has 0 bridgehead atoms. The fourth-order valence-corrected chi connectivity index (χ4v) is 3.22. The summed E-state index contributed by atoms with van der Waals surface area (Å²) in [6.07, 6.45) is 3.88. The number of non-ortho nitro benzene ring substituents is 1. The summed E-state index contributed by atoms with van der Waals surface area (Å²) in [6, 6.07) is 7.08. The number of hydrogen-bond donors (Lipinski definition) is 0. The van der Waals surface area contributed by atoms with Crippen LogP contribution in [-0.2, 0) is 0 Å². The lowest BCUT2D eigenvalue weighted by molar-refractivity contribution is -0.419. The number of nitrogens with zero attached hydrogens (tertiary/aromatic N) is 4. The number of hydrogen-bond acceptors (Lipinski definition) is 8. The summed E-state index contributed by atoms with van der Waals surface area (Å²) >= 11 is 0. The van der Waals surface area contributed by atoms with Gasteiger partial charge in [0.05, 0.1) is 15.9 Å². The van der Waals surface area contributed by atoms with E-state index < -0.39 is 16.0 Å². The van der Waals surface area contributed by atoms with E-state index in [1.165, 1.54) is 30.4 Å². The molecule has 2 heterocycles. The molecule has 0 saturated carbocycles. The predicted octanol–water partition coefficient (Wildman–Crippen LogP) is 2.13. The minimum absolute atomic E-state index is 0.0404. The molecule has 1 aliphatic carbocycles. The Hall–Kier alpha value is -4.08. The molecule has 0 aromatic heterocycles. The third-order valence-corrected chi connectivity index (χ3v) is 4.55. The molecule has 0 fully saturated rings. The average molecular weight is 378 g/mol. The van der Waals surface area contributed by atoms with Crippen LogP contribution in [0.2, 0.25) is 0 Å². The van der Waals surface area contributed by atoms with E-state index in [2.05, 4.69) is 9.98 Å². The molecule has 0 unspecified atom stereocenters. The maximum absolute atomic E-state index is 11.0. The van der Waals surface area contributed by atoms with Gasteiger partial charge in [0, 0.05) is 30.4 Å². The molecule has 2 aromatic rings. The van der Waals surface area contributed by atoms with Gasteiger partial charge in [0.2, 0.25) is 0 Å². The first-order valence-electron chi connectivity index (χ1n) is 8.26. The Morgan fingerprint density at radius 1 is 0.964 bits per heavy atom. The van der Waals surface area contributed by atoms with Crippen molar-refractivity contribution >= 4 is 11.4 Å². The van der Waals surface area contributed by atoms with Gasteiger partial charge in [-0.05, 0) is 12.1 Å². The van der Waals surface area contributed by atoms with Crippen LogP contribution in [-0.4, -0.2) is 22.0 Å². The van der Waals surface area contributed by atoms with Crippen molar-refractivity contribution in [2.75, 3.05) is 0 Å². The summed E-state index contributed by atoms with van der Waals surface area (Å²) in [7, 11) is 0. The van der Waals surface area contributed by atoms with E-state index in [1.807, 2.05) is 0 Å². The summed E-state index contributed by atoms with van der Waals surface area (Å²) in [4.78, 5) is 30.0. The van der Waals surface area contributed by atoms with Gasteiger partial charge >= 0.3 is 0 Å². The fourth-order valence-electron chi connectivity index (χ4n) is 3.22. The SMILES string of the molecule is O=[N+]([O-])C1=C[C@@H]2Oc3cc4c(cc3=N[C@@H]2C=C1)Oc1cc([N+](=O)[O-])ccc1N=4. The average Bonchev–Trinajstić information content (AvgIpc) is 2.68. The lowest BCUT2D eigenvalue weighted by atomic mass is 10.0. The van der Waals surface area contributed by atoms with Crippen molar-refractivity contribution in [2.45, 2.75) is 12.1 Å². The number of fused-ring (bicyclic) bond motifs is 4. The summed E-state index contributed by atoms with van der Waals surface area (Å²) in [5, 5.41) is 22.9. The Kier molecular flexibility index (Phi) is 3.29. The van der Waals surface area contributed by atoms with Crippen LogP contribution < -0.4 is 20.2 Å². The van der Waals surface area contributed by atoms with Crippen molar-refractivity contribution in [1.82, 2.24) is 0 Å². The normalized spacial score (nSPS) is 20.5. The van der Waals surface area contributed by atoms with E-state index in [0.29, 0.717) is 27.9 Å². The molecule has 3 aliphatic rings. The Morgan fingerprint density at radius 3 is 2.57 bits per heavy atom. The third kappa shape index (κ3) is 2.50. The van der Waals surface area contributed by atoms with Crippen LogP contribution in [0.15, 0.2) is 64.2 Å². The Bertz CT molecular complexity index is 1250. The molecular weight excluding hydrogens is 368 g/mol. The molecular formula is C18H10N4O6. The topological polar surface area (TPSA) is 129 Å². The zero-order valence-corrected chi connectivity index (χ0v) is 14.0. The summed E-state index contributed by atoms with van der Waals surface area (Å²) < 4.78 is 11.7. The first-order valence-corrected chi connectivity index (χ1v) is 8.26. The van der Waals surface area contributed by atoms with E-state index >= 15 is 0 Å². The Morgan fingerprint density at radius 2 is 1.79 bits per heavy atom. The maximum atomic E-state index is 11.0. The van der Waals surface area contributed by atoms with Crippen LogP contribution in [0.25, 0.3) is 0 Å². The van der Waals surface area contributed by atoms with Crippen LogP contribution in [0.1, 0.15) is 0 Å². The molecule has 0 radical (unpaired) electrons. The third-order valence-electron chi connectivity index (χ3n) is 4.55. The van der Waals surface area contributed by atoms with Crippen LogP contribution in [0.4, 0.5) is 11.4 Å². The van der Waals surface area contributed by atoms with Crippen molar-refractivity contribution in [3.05, 3.63) is 85.2 Å². The minimum Gasteiger partial charge on any atom is -0.481 e. The van der Waals surface area contributed by atoms with Gasteiger partial charge in [0.25, 0.3) is 11.4 Å². The van der Waals surface area contributed by atoms with E-state index in [4.69, 9.17) is 9.47 Å². The molecule has 0 spiro atoms. The summed E-state index contributed by atoms with van der Waals surface area (Å²) in [6.45, 7) is 0. The van der Waals surface area contributed by atoms with E-state index in [-0.39, 0.29) is 23.2 Å². The zero-order chi connectivity index (χ0) is 19.4. The number of rotatable bonds is 2. The highest BCUT2D eigenvalue weighted by Crippen LogP contribution is 2.36. The monoisotopic (exact) mass is 378 g/mol. The summed E-state index contributed by atoms with van der Waals surface area (Å²) in [5.41, 5.74) is 0.327. The highest BCUT2D eigenvalue weighted by molar-refractivity contribution is 5.60. The van der Waals surface area contributed by atoms with E-state index in [0.717, 1.165) is 0 Å². The van der Waals surface area contributed by atoms with Crippen molar-refractivity contribution in [3.8, 4) is 17.2 Å². The van der Waals surface area contributed by atoms with E-state index in [1.54, 1.807) is 18.2 Å². The van der Waals surface area contributed by atoms with Gasteiger partial charge in [0.1, 0.15) is 34.3 Å². The van der Waals surface area contributed by atoms with Gasteiger partial charge in [-0.15, -0.1) is 0 Å². The molecule has 10 nitrogen and oxygen atoms in total. The molecule has 5 rings (SSSR count). The number of nitro groups is 2. The maximum Gasteiger partial charge on any atom is 0.273 e. The van der Waals surface area contributed by atoms with Gasteiger partial charge in [0.15, 0.2) is 11.5 Å². The van der Waals surface area contributed by atoms with Crippen molar-refractivity contribution < 1.29 is 19.3 Å². The first kappa shape index (κ1) is 16.1. The van der Waals surface area contributed by atoms with Crippen LogP contribution >= 0.6 is 0 Å². The Balaban J connectivity index is 1.58. The van der Waals surface area contributed by atoms with Gasteiger partial charge < -0.3 is 9.47 Å². The van der Waals surface area contributed by atoms with Crippen LogP contribution in [0, 0.1) is 20.2 Å². The number of benzene rings is 2. The number of nitro benzene ring substituents is 1. The zero-order valence-electron chi connectivity index (χ0n) is 14.0. The quantitative estimate of drug-likeness (QED) is 0.496. The van der Waals surface area contributed by atoms with Gasteiger partial charge in [-0.25, -0.2) is 4.99 Å². The predicted molar refractivity (Wildman–Crippen MR) is 94.0 cm³/mol. The van der Waals surface area contributed by atoms with Crippen molar-refractivity contribution in [2.24, 2.45) is 9.98 Å². The van der Waals surface area contributed by atoms with Crippen LogP contribution in [0.3, 0.4) is 0 Å². The van der Waals surface area contributed by atoms with Gasteiger partial charge in [-0.1, -0.05) is 0 Å². The van der Waals surface area contributed by atoms with Gasteiger partial charge in [-0.2, -0.15) is 0 Å². The second-order valence-corrected chi connectivity index (χ2v) is 6.32. The number of ether oxygens (including phenoxy) is 2. The van der Waals surface area contributed by atoms with Crippen molar-refractivity contribution in [3.63, 3.8) is 0 Å². The van der Waals surface area contributed by atoms with Crippen molar-refractivity contribution in [1.29, 1.82) is 0 Å². The molecule has 28 heavy (non-hydrogen) atoms. The second kappa shape index (κ2) is 5.71. The molecule has 0 N–H and O–H groups in total. The molecule has 138 valence electrons. The second-order valence-electron chi connectivity index (χ2n) is 6.32. The number of allylic oxidation sites excluding steroid dienone is 1. The Labute approximate surface area is 156 Å². The minimum atomic E-state index is -0.574. The smallest absolute Gasteiger partial charge is 0.273 e. The highest BCUT2D eigenvalue weighted by atomic mass is 16.6. The largest absolute Gasteiger partial charge is 0.481 e. The lowest BCUT2D eigenvalue weighted by Gasteiger charge is -2.26. The van der Waals surface area contributed by atoms with Gasteiger partial charge in [-0.3, -0.25) is 25.2 Å². The fraction of sp³-hybridized carbons (Fsp3) is 0.111. The lowest BCUT2D eigenvalue weighted by Crippen LogP contribution is -2.38. The molecule has 2 aromatic carbocycles. The molecule has 0 saturated heterocycles. The molecule has 2 atom stereocenters. The van der Waals surface area contributed by atoms with E-state index in [9.17, 15) is 20.2 Å². The first-order chi connectivity index (χ1) is 13.5. The standard InChI is InChI=1S/C18H10N4O6/c23-21(24)9-1-3-11-15(5-9)27-17-8-14-18(7-13(17)19-11)28-16-6-10(22(25)26)2-4-12(16)20-14/h1-8,11,15H/t11-,15+/m1/s1. The summed E-state index contributed by atoms with van der Waals surface area (Å²) in [5.74, 6) is 1.12. The van der Waals surface area contributed by atoms with Crippen LogP contribution in [0.5, 0.6) is 17.2 Å².